The number of ether oxygens (including phenoxy) is 1. The summed E-state index contributed by atoms with van der Waals surface area (Å²) in [6.07, 6.45) is -0.933. The van der Waals surface area contributed by atoms with E-state index in [9.17, 15) is 37.1 Å². The normalized spacial score (nSPS) is 20.8. The van der Waals surface area contributed by atoms with E-state index in [-0.39, 0.29) is 25.5 Å². The van der Waals surface area contributed by atoms with Crippen LogP contribution in [0.3, 0.4) is 0 Å². The van der Waals surface area contributed by atoms with Gasteiger partial charge >= 0.3 is 18.1 Å². The molecule has 2 aliphatic rings. The van der Waals surface area contributed by atoms with E-state index in [4.69, 9.17) is 26.1 Å². The highest BCUT2D eigenvalue weighted by molar-refractivity contribution is 6.10. The fourth-order valence-electron chi connectivity index (χ4n) is 6.23. The molecule has 2 aromatic carbocycles. The van der Waals surface area contributed by atoms with Gasteiger partial charge < -0.3 is 41.1 Å². The van der Waals surface area contributed by atoms with Gasteiger partial charge in [-0.3, -0.25) is 19.9 Å². The van der Waals surface area contributed by atoms with Crippen molar-refractivity contribution < 1.29 is 51.8 Å². The Labute approximate surface area is 285 Å². The van der Waals surface area contributed by atoms with Crippen LogP contribution in [0.4, 0.5) is 18.9 Å². The molecule has 50 heavy (non-hydrogen) atoms. The van der Waals surface area contributed by atoms with Gasteiger partial charge in [0.05, 0.1) is 24.9 Å². The van der Waals surface area contributed by atoms with E-state index in [1.165, 1.54) is 12.0 Å². The number of fused-ring (bicyclic) bond motifs is 1. The number of aliphatic imine (C=N–C) groups is 1. The van der Waals surface area contributed by atoms with E-state index in [1.807, 2.05) is 12.1 Å². The number of rotatable bonds is 14. The van der Waals surface area contributed by atoms with Crippen molar-refractivity contribution in [1.29, 1.82) is 0 Å². The fourth-order valence-corrected chi connectivity index (χ4v) is 6.23. The fraction of sp³-hybridized carbons (Fsp3) is 0.424. The number of benzene rings is 2. The molecule has 1 fully saturated rings. The second kappa shape index (κ2) is 15.9. The molecule has 1 saturated heterocycles. The van der Waals surface area contributed by atoms with Crippen LogP contribution in [0.15, 0.2) is 53.5 Å². The molecule has 2 amide bonds. The van der Waals surface area contributed by atoms with Crippen molar-refractivity contribution >= 4 is 48.0 Å². The molecule has 2 unspecified atom stereocenters. The van der Waals surface area contributed by atoms with Crippen LogP contribution in [0.25, 0.3) is 0 Å². The molecule has 0 aromatic heterocycles. The number of nitrogens with two attached hydrogens (primary N) is 2. The number of methoxy groups -OCH3 is 1. The number of carboxylic acid groups (broad SMARTS) is 1. The van der Waals surface area contributed by atoms with E-state index in [2.05, 4.69) is 15.6 Å². The van der Waals surface area contributed by atoms with E-state index in [1.54, 1.807) is 43.3 Å². The van der Waals surface area contributed by atoms with Gasteiger partial charge in [0, 0.05) is 24.9 Å². The molecular weight excluding hydrogens is 665 g/mol. The maximum Gasteiger partial charge on any atom is 0.490 e. The largest absolute Gasteiger partial charge is 0.490 e. The number of aryl methyl sites for hydroxylation is 1. The highest BCUT2D eigenvalue weighted by Gasteiger charge is 2.80. The number of hydrogen-bond acceptors (Lipinski definition) is 9. The zero-order valence-corrected chi connectivity index (χ0v) is 27.4. The van der Waals surface area contributed by atoms with Crippen molar-refractivity contribution in [3.63, 3.8) is 0 Å². The van der Waals surface area contributed by atoms with Crippen molar-refractivity contribution in [2.24, 2.45) is 16.5 Å². The van der Waals surface area contributed by atoms with Crippen LogP contribution in [0, 0.1) is 0 Å². The number of nitrogens with one attached hydrogen (secondary N) is 2. The van der Waals surface area contributed by atoms with Gasteiger partial charge in [-0.2, -0.15) is 13.2 Å². The number of esters is 1. The lowest BCUT2D eigenvalue weighted by Gasteiger charge is -2.41. The predicted octanol–water partition coefficient (Wildman–Crippen LogP) is 1.38. The molecular formula is C33H39F3N6O8. The minimum absolute atomic E-state index is 0.0646. The molecule has 17 heteroatoms. The molecule has 2 aromatic rings. The third-order valence-corrected chi connectivity index (χ3v) is 8.79. The third kappa shape index (κ3) is 8.10. The number of nitrogens with zero attached hydrogens (tertiary/aromatic N) is 2. The lowest BCUT2D eigenvalue weighted by atomic mass is 9.65. The maximum atomic E-state index is 13.6. The number of amides is 2. The molecule has 0 bridgehead atoms. The zero-order valence-electron chi connectivity index (χ0n) is 27.4. The van der Waals surface area contributed by atoms with E-state index >= 15 is 0 Å². The molecule has 4 rings (SSSR count). The first-order valence-corrected chi connectivity index (χ1v) is 15.4. The summed E-state index contributed by atoms with van der Waals surface area (Å²) >= 11 is 0. The molecule has 14 nitrogen and oxygen atoms in total. The third-order valence-electron chi connectivity index (χ3n) is 8.79. The monoisotopic (exact) mass is 704 g/mol. The average molecular weight is 705 g/mol. The standard InChI is InChI=1S/C31H38N6O6.C2HF3O2/c1-29(22-10-6-3-7-11-22,31(27(42)43-2)30(20-39,36-31)14-16-38)19-37-24-13-12-21(9-5-4-8-15-34-28(32)33)17-23(24)26(41)35-18-25(37)40;3-2(4,5)1(6)7/h3,6-7,10-13,16-17,20,36H,4-5,8-9,14-15,18-19H2,1-2H3,(H,35,41)(H4,32,33,34);(H,6,7)/t29?,30?,31-;/m1./s1. The number of guanidine groups is 1. The summed E-state index contributed by atoms with van der Waals surface area (Å²) in [5, 5.41) is 12.8. The topological polar surface area (TPSA) is 233 Å². The summed E-state index contributed by atoms with van der Waals surface area (Å²) in [6.45, 7) is 1.95. The van der Waals surface area contributed by atoms with Crippen LogP contribution in [0.1, 0.15) is 54.1 Å². The minimum Gasteiger partial charge on any atom is -0.475 e. The van der Waals surface area contributed by atoms with E-state index in [0.717, 1.165) is 24.8 Å². The second-order valence-corrected chi connectivity index (χ2v) is 12.0. The Bertz CT molecular complexity index is 1630. The van der Waals surface area contributed by atoms with Crippen LogP contribution in [-0.2, 0) is 40.5 Å². The zero-order chi connectivity index (χ0) is 37.3. The Balaban J connectivity index is 0.000000872. The van der Waals surface area contributed by atoms with Crippen molar-refractivity contribution in [3.05, 3.63) is 65.2 Å². The van der Waals surface area contributed by atoms with Crippen LogP contribution >= 0.6 is 0 Å². The molecule has 0 radical (unpaired) electrons. The number of aldehydes is 2. The van der Waals surface area contributed by atoms with Gasteiger partial charge in [0.1, 0.15) is 18.1 Å². The van der Waals surface area contributed by atoms with Gasteiger partial charge in [-0.05, 0) is 42.5 Å². The van der Waals surface area contributed by atoms with Crippen LogP contribution < -0.4 is 27.0 Å². The number of unbranched alkanes of at least 4 members (excludes halogenated alkanes) is 2. The lowest BCUT2D eigenvalue weighted by Crippen LogP contribution is -2.59. The number of aliphatic carboxylic acids is 1. The van der Waals surface area contributed by atoms with Gasteiger partial charge in [-0.25, -0.2) is 9.59 Å². The number of alkyl halides is 3. The summed E-state index contributed by atoms with van der Waals surface area (Å²) in [5.74, 6) is -4.21. The first-order valence-electron chi connectivity index (χ1n) is 15.4. The van der Waals surface area contributed by atoms with Crippen LogP contribution in [0.2, 0.25) is 0 Å². The molecule has 0 aliphatic carbocycles. The van der Waals surface area contributed by atoms with Crippen molar-refractivity contribution in [2.45, 2.75) is 61.7 Å². The molecule has 2 aliphatic heterocycles. The quantitative estimate of drug-likeness (QED) is 0.0471. The summed E-state index contributed by atoms with van der Waals surface area (Å²) < 4.78 is 36.9. The Hall–Kier alpha value is -5.32. The summed E-state index contributed by atoms with van der Waals surface area (Å²) in [7, 11) is 1.21. The predicted molar refractivity (Wildman–Crippen MR) is 174 cm³/mol. The Morgan fingerprint density at radius 1 is 1.08 bits per heavy atom. The smallest absolute Gasteiger partial charge is 0.475 e. The summed E-state index contributed by atoms with van der Waals surface area (Å²) in [6, 6.07) is 14.4. The lowest BCUT2D eigenvalue weighted by molar-refractivity contribution is -0.192. The summed E-state index contributed by atoms with van der Waals surface area (Å²) in [5.41, 5.74) is 8.53. The Kier molecular flexibility index (Phi) is 12.5. The van der Waals surface area contributed by atoms with E-state index in [0.29, 0.717) is 42.4 Å². The van der Waals surface area contributed by atoms with Crippen molar-refractivity contribution in [3.8, 4) is 0 Å². The molecule has 2 heterocycles. The first-order chi connectivity index (χ1) is 23.5. The van der Waals surface area contributed by atoms with Crippen LogP contribution in [-0.4, -0.2) is 91.4 Å². The number of hydrogen-bond donors (Lipinski definition) is 5. The van der Waals surface area contributed by atoms with Gasteiger partial charge in [-0.1, -0.05) is 49.7 Å². The molecule has 7 N–H and O–H groups in total. The first kappa shape index (κ1) is 39.1. The number of anilines is 1. The summed E-state index contributed by atoms with van der Waals surface area (Å²) in [4.78, 5) is 78.8. The molecule has 0 spiro atoms. The Morgan fingerprint density at radius 3 is 2.30 bits per heavy atom. The Morgan fingerprint density at radius 2 is 1.74 bits per heavy atom. The average Bonchev–Trinajstić information content (AvgIpc) is 3.79. The minimum atomic E-state index is -5.08. The van der Waals surface area contributed by atoms with Crippen molar-refractivity contribution in [1.82, 2.24) is 10.6 Å². The SMILES string of the molecule is COC(=O)[C@]1(C(C)(CN2C(=O)CNC(=O)c3cc(CCCCCN=C(N)N)ccc32)c2ccccc2)NC1(C=O)CC=O.O=C(O)C(F)(F)F. The highest BCUT2D eigenvalue weighted by Crippen LogP contribution is 2.54. The van der Waals surface area contributed by atoms with Gasteiger partial charge in [0.25, 0.3) is 5.91 Å². The second-order valence-electron chi connectivity index (χ2n) is 12.0. The van der Waals surface area contributed by atoms with Crippen LogP contribution in [0.5, 0.6) is 0 Å². The number of carbonyl (C=O) groups excluding carboxylic acids is 5. The maximum absolute atomic E-state index is 13.6. The number of carboxylic acids is 1. The van der Waals surface area contributed by atoms with Gasteiger partial charge in [0.15, 0.2) is 11.5 Å². The van der Waals surface area contributed by atoms with Crippen molar-refractivity contribution in [2.75, 3.05) is 31.6 Å². The van der Waals surface area contributed by atoms with Gasteiger partial charge in [0.2, 0.25) is 5.91 Å². The molecule has 0 saturated carbocycles. The number of carbonyl (C=O) groups is 6. The number of halogens is 3. The van der Waals surface area contributed by atoms with E-state index < -0.39 is 46.4 Å². The molecule has 270 valence electrons. The van der Waals surface area contributed by atoms with Gasteiger partial charge in [-0.15, -0.1) is 0 Å². The highest BCUT2D eigenvalue weighted by atomic mass is 19.4. The molecule has 3 atom stereocenters.